The maximum atomic E-state index is 14.1. The van der Waals surface area contributed by atoms with Gasteiger partial charge in [0.2, 0.25) is 0 Å². The SMILES string of the molecule is O=C(Nc1cccc(OC[C@H](O)CO)c1)c1cccc2[nH]c(-c3ccccc3F)nc12. The smallest absolute Gasteiger partial charge is 0.257 e. The first kappa shape index (κ1) is 20.5. The number of aliphatic hydroxyl groups is 2. The van der Waals surface area contributed by atoms with Crippen LogP contribution in [-0.2, 0) is 0 Å². The van der Waals surface area contributed by atoms with E-state index in [0.29, 0.717) is 39.4 Å². The summed E-state index contributed by atoms with van der Waals surface area (Å²) >= 11 is 0. The number of halogens is 1. The largest absolute Gasteiger partial charge is 0.491 e. The minimum atomic E-state index is -0.987. The van der Waals surface area contributed by atoms with E-state index in [1.54, 1.807) is 60.7 Å². The molecule has 158 valence electrons. The van der Waals surface area contributed by atoms with Crippen LogP contribution >= 0.6 is 0 Å². The molecule has 0 aliphatic carbocycles. The third kappa shape index (κ3) is 4.55. The lowest BCUT2D eigenvalue weighted by Crippen LogP contribution is -2.21. The molecule has 4 N–H and O–H groups in total. The van der Waals surface area contributed by atoms with Crippen LogP contribution in [0.1, 0.15) is 10.4 Å². The second-order valence-electron chi connectivity index (χ2n) is 6.90. The van der Waals surface area contributed by atoms with E-state index < -0.39 is 18.5 Å². The number of fused-ring (bicyclic) bond motifs is 1. The van der Waals surface area contributed by atoms with Gasteiger partial charge in [0, 0.05) is 11.8 Å². The Morgan fingerprint density at radius 1 is 1.13 bits per heavy atom. The van der Waals surface area contributed by atoms with Crippen molar-refractivity contribution in [2.24, 2.45) is 0 Å². The van der Waals surface area contributed by atoms with E-state index in [0.717, 1.165) is 0 Å². The Morgan fingerprint density at radius 2 is 1.94 bits per heavy atom. The fraction of sp³-hybridized carbons (Fsp3) is 0.130. The molecule has 0 saturated carbocycles. The van der Waals surface area contributed by atoms with Crippen LogP contribution in [0.15, 0.2) is 66.7 Å². The van der Waals surface area contributed by atoms with E-state index in [2.05, 4.69) is 15.3 Å². The molecular formula is C23H20FN3O4. The van der Waals surface area contributed by atoms with Gasteiger partial charge in [0.05, 0.1) is 23.3 Å². The van der Waals surface area contributed by atoms with Crippen molar-refractivity contribution in [1.82, 2.24) is 9.97 Å². The summed E-state index contributed by atoms with van der Waals surface area (Å²) in [5.74, 6) is -0.0169. The molecule has 4 aromatic rings. The number of imidazole rings is 1. The number of carbonyl (C=O) groups excluding carboxylic acids is 1. The van der Waals surface area contributed by atoms with Gasteiger partial charge < -0.3 is 25.3 Å². The predicted octanol–water partition coefficient (Wildman–Crippen LogP) is 3.35. The van der Waals surface area contributed by atoms with Crippen LogP contribution in [0.25, 0.3) is 22.4 Å². The monoisotopic (exact) mass is 421 g/mol. The fourth-order valence-corrected chi connectivity index (χ4v) is 3.10. The summed E-state index contributed by atoms with van der Waals surface area (Å²) in [6.07, 6.45) is -0.987. The van der Waals surface area contributed by atoms with Crippen LogP contribution in [-0.4, -0.2) is 45.4 Å². The number of H-pyrrole nitrogens is 1. The molecule has 8 heteroatoms. The van der Waals surface area contributed by atoms with E-state index in [9.17, 15) is 14.3 Å². The third-order valence-corrected chi connectivity index (χ3v) is 4.63. The van der Waals surface area contributed by atoms with Gasteiger partial charge in [0.25, 0.3) is 5.91 Å². The molecule has 7 nitrogen and oxygen atoms in total. The molecule has 1 atom stereocenters. The number of rotatable bonds is 7. The highest BCUT2D eigenvalue weighted by Gasteiger charge is 2.16. The highest BCUT2D eigenvalue weighted by molar-refractivity contribution is 6.11. The summed E-state index contributed by atoms with van der Waals surface area (Å²) in [7, 11) is 0. The maximum absolute atomic E-state index is 14.1. The van der Waals surface area contributed by atoms with E-state index in [4.69, 9.17) is 9.84 Å². The van der Waals surface area contributed by atoms with Gasteiger partial charge in [0.1, 0.15) is 35.6 Å². The Kier molecular flexibility index (Phi) is 5.92. The Hall–Kier alpha value is -3.75. The number of ether oxygens (including phenoxy) is 1. The zero-order valence-corrected chi connectivity index (χ0v) is 16.4. The van der Waals surface area contributed by atoms with Crippen molar-refractivity contribution < 1.29 is 24.1 Å². The normalized spacial score (nSPS) is 12.0. The van der Waals surface area contributed by atoms with Gasteiger partial charge in [-0.2, -0.15) is 0 Å². The van der Waals surface area contributed by atoms with Crippen molar-refractivity contribution >= 4 is 22.6 Å². The first-order valence-corrected chi connectivity index (χ1v) is 9.62. The van der Waals surface area contributed by atoms with Gasteiger partial charge in [-0.15, -0.1) is 0 Å². The summed E-state index contributed by atoms with van der Waals surface area (Å²) in [5, 5.41) is 21.1. The molecule has 0 bridgehead atoms. The molecular weight excluding hydrogens is 401 g/mol. The van der Waals surface area contributed by atoms with Gasteiger partial charge in [-0.25, -0.2) is 9.37 Å². The Balaban J connectivity index is 1.58. The van der Waals surface area contributed by atoms with Crippen molar-refractivity contribution in [3.05, 3.63) is 78.1 Å². The molecule has 0 saturated heterocycles. The first-order chi connectivity index (χ1) is 15.0. The average molecular weight is 421 g/mol. The molecule has 31 heavy (non-hydrogen) atoms. The highest BCUT2D eigenvalue weighted by atomic mass is 19.1. The van der Waals surface area contributed by atoms with Crippen LogP contribution in [0.4, 0.5) is 10.1 Å². The standard InChI is InChI=1S/C23H20FN3O4/c24-19-9-2-1-7-17(19)22-26-20-10-4-8-18(21(20)27-22)23(30)25-14-5-3-6-16(11-14)31-13-15(29)12-28/h1-11,15,28-29H,12-13H2,(H,25,30)(H,26,27)/t15-/m1/s1. The molecule has 0 fully saturated rings. The number of hydrogen-bond acceptors (Lipinski definition) is 5. The molecule has 0 spiro atoms. The van der Waals surface area contributed by atoms with Crippen LogP contribution in [0.5, 0.6) is 5.75 Å². The lowest BCUT2D eigenvalue weighted by Gasteiger charge is -2.11. The Labute approximate surface area is 177 Å². The highest BCUT2D eigenvalue weighted by Crippen LogP contribution is 2.26. The molecule has 0 radical (unpaired) electrons. The number of amides is 1. The minimum absolute atomic E-state index is 0.0701. The molecule has 1 amide bonds. The molecule has 1 heterocycles. The van der Waals surface area contributed by atoms with Crippen molar-refractivity contribution in [3.8, 4) is 17.1 Å². The zero-order chi connectivity index (χ0) is 21.8. The number of carbonyl (C=O) groups is 1. The van der Waals surface area contributed by atoms with Crippen LogP contribution < -0.4 is 10.1 Å². The van der Waals surface area contributed by atoms with Gasteiger partial charge in [-0.3, -0.25) is 4.79 Å². The van der Waals surface area contributed by atoms with Crippen molar-refractivity contribution in [2.45, 2.75) is 6.10 Å². The number of para-hydroxylation sites is 1. The second-order valence-corrected chi connectivity index (χ2v) is 6.90. The number of nitrogens with zero attached hydrogens (tertiary/aromatic N) is 1. The topological polar surface area (TPSA) is 107 Å². The summed E-state index contributed by atoms with van der Waals surface area (Å²) in [6.45, 7) is -0.474. The van der Waals surface area contributed by atoms with Crippen LogP contribution in [0, 0.1) is 5.82 Å². The lowest BCUT2D eigenvalue weighted by atomic mass is 10.1. The van der Waals surface area contributed by atoms with E-state index in [1.165, 1.54) is 6.07 Å². The molecule has 3 aromatic carbocycles. The Morgan fingerprint density at radius 3 is 2.74 bits per heavy atom. The van der Waals surface area contributed by atoms with Crippen LogP contribution in [0.3, 0.4) is 0 Å². The summed E-state index contributed by atoms with van der Waals surface area (Å²) in [5.41, 5.74) is 2.18. The second kappa shape index (κ2) is 8.95. The molecule has 0 aliphatic rings. The van der Waals surface area contributed by atoms with Gasteiger partial charge in [-0.1, -0.05) is 24.3 Å². The van der Waals surface area contributed by atoms with Crippen molar-refractivity contribution in [3.63, 3.8) is 0 Å². The minimum Gasteiger partial charge on any atom is -0.491 e. The number of anilines is 1. The van der Waals surface area contributed by atoms with Crippen molar-refractivity contribution in [2.75, 3.05) is 18.5 Å². The maximum Gasteiger partial charge on any atom is 0.257 e. The third-order valence-electron chi connectivity index (χ3n) is 4.63. The summed E-state index contributed by atoms with van der Waals surface area (Å²) in [6, 6.07) is 18.1. The Bertz CT molecular complexity index is 1220. The van der Waals surface area contributed by atoms with Crippen molar-refractivity contribution in [1.29, 1.82) is 0 Å². The summed E-state index contributed by atoms with van der Waals surface area (Å²) < 4.78 is 19.5. The van der Waals surface area contributed by atoms with Gasteiger partial charge in [0.15, 0.2) is 0 Å². The number of aliphatic hydroxyl groups excluding tert-OH is 2. The predicted molar refractivity (Wildman–Crippen MR) is 114 cm³/mol. The van der Waals surface area contributed by atoms with E-state index >= 15 is 0 Å². The molecule has 1 aromatic heterocycles. The lowest BCUT2D eigenvalue weighted by molar-refractivity contribution is 0.0536. The number of hydrogen-bond donors (Lipinski definition) is 4. The average Bonchev–Trinajstić information content (AvgIpc) is 3.22. The van der Waals surface area contributed by atoms with Crippen LogP contribution in [0.2, 0.25) is 0 Å². The molecule has 4 rings (SSSR count). The number of nitrogens with one attached hydrogen (secondary N) is 2. The fourth-order valence-electron chi connectivity index (χ4n) is 3.10. The number of aromatic amines is 1. The van der Waals surface area contributed by atoms with E-state index in [-0.39, 0.29) is 12.5 Å². The summed E-state index contributed by atoms with van der Waals surface area (Å²) in [4.78, 5) is 20.4. The number of aromatic nitrogens is 2. The van der Waals surface area contributed by atoms with Gasteiger partial charge >= 0.3 is 0 Å². The number of benzene rings is 3. The van der Waals surface area contributed by atoms with Gasteiger partial charge in [-0.05, 0) is 36.4 Å². The molecule has 0 aliphatic heterocycles. The zero-order valence-electron chi connectivity index (χ0n) is 16.4. The quantitative estimate of drug-likeness (QED) is 0.366. The van der Waals surface area contributed by atoms with E-state index in [1.807, 2.05) is 0 Å². The molecule has 0 unspecified atom stereocenters. The first-order valence-electron chi connectivity index (χ1n) is 9.62.